The van der Waals surface area contributed by atoms with E-state index in [0.29, 0.717) is 0 Å². The first-order valence-electron chi connectivity index (χ1n) is 7.32. The zero-order valence-corrected chi connectivity index (χ0v) is 10.6. The van der Waals surface area contributed by atoms with Crippen molar-refractivity contribution in [2.75, 3.05) is 19.6 Å². The van der Waals surface area contributed by atoms with Gasteiger partial charge >= 0.3 is 0 Å². The highest BCUT2D eigenvalue weighted by molar-refractivity contribution is 4.98. The third-order valence-corrected chi connectivity index (χ3v) is 5.27. The molecule has 3 atom stereocenters. The molecule has 2 aliphatic heterocycles. The van der Waals surface area contributed by atoms with Crippen LogP contribution in [0.3, 0.4) is 0 Å². The zero-order chi connectivity index (χ0) is 11.0. The Hall–Kier alpha value is -0.0800. The van der Waals surface area contributed by atoms with E-state index in [0.717, 1.165) is 23.9 Å². The summed E-state index contributed by atoms with van der Waals surface area (Å²) in [7, 11) is 0. The topological polar surface area (TPSA) is 15.3 Å². The van der Waals surface area contributed by atoms with Crippen molar-refractivity contribution in [1.82, 2.24) is 10.2 Å². The van der Waals surface area contributed by atoms with Gasteiger partial charge in [-0.05, 0) is 44.7 Å². The summed E-state index contributed by atoms with van der Waals surface area (Å²) in [6.45, 7) is 6.40. The fourth-order valence-corrected chi connectivity index (χ4v) is 4.27. The summed E-state index contributed by atoms with van der Waals surface area (Å²) in [6, 6.07) is 1.76. The van der Waals surface area contributed by atoms with Gasteiger partial charge < -0.3 is 5.32 Å². The van der Waals surface area contributed by atoms with Crippen LogP contribution in [0.2, 0.25) is 0 Å². The molecule has 0 amide bonds. The Morgan fingerprint density at radius 1 is 1.00 bits per heavy atom. The average Bonchev–Trinajstić information content (AvgIpc) is 2.74. The third kappa shape index (κ3) is 1.91. The molecule has 3 fully saturated rings. The Bertz CT molecular complexity index is 233. The smallest absolute Gasteiger partial charge is 0.0114 e. The van der Waals surface area contributed by atoms with Crippen molar-refractivity contribution in [1.29, 1.82) is 0 Å². The Morgan fingerprint density at radius 2 is 1.75 bits per heavy atom. The van der Waals surface area contributed by atoms with Crippen molar-refractivity contribution >= 4 is 0 Å². The minimum atomic E-state index is 0.836. The van der Waals surface area contributed by atoms with E-state index in [2.05, 4.69) is 17.1 Å². The molecule has 0 aromatic rings. The molecule has 2 heterocycles. The Labute approximate surface area is 99.8 Å². The average molecular weight is 222 g/mol. The number of rotatable bonds is 1. The Kier molecular flexibility index (Phi) is 3.21. The summed E-state index contributed by atoms with van der Waals surface area (Å²) in [4.78, 5) is 2.86. The highest BCUT2D eigenvalue weighted by atomic mass is 15.2. The van der Waals surface area contributed by atoms with Gasteiger partial charge in [0.05, 0.1) is 0 Å². The molecule has 92 valence electrons. The molecule has 0 bridgehead atoms. The van der Waals surface area contributed by atoms with Crippen LogP contribution in [0.15, 0.2) is 0 Å². The van der Waals surface area contributed by atoms with E-state index in [1.807, 2.05) is 0 Å². The molecule has 2 saturated heterocycles. The van der Waals surface area contributed by atoms with Gasteiger partial charge in [-0.1, -0.05) is 25.7 Å². The molecular weight excluding hydrogens is 196 g/mol. The van der Waals surface area contributed by atoms with Crippen LogP contribution in [0.25, 0.3) is 0 Å². The second-order valence-corrected chi connectivity index (χ2v) is 6.16. The van der Waals surface area contributed by atoms with Crippen LogP contribution >= 0.6 is 0 Å². The molecule has 1 aliphatic carbocycles. The fraction of sp³-hybridized carbons (Fsp3) is 1.00. The summed E-state index contributed by atoms with van der Waals surface area (Å²) in [5, 5.41) is 3.56. The highest BCUT2D eigenvalue weighted by Gasteiger charge is 2.43. The van der Waals surface area contributed by atoms with Crippen molar-refractivity contribution in [3.05, 3.63) is 0 Å². The molecule has 16 heavy (non-hydrogen) atoms. The van der Waals surface area contributed by atoms with Crippen molar-refractivity contribution in [2.24, 2.45) is 11.8 Å². The van der Waals surface area contributed by atoms with Crippen LogP contribution < -0.4 is 5.32 Å². The quantitative estimate of drug-likeness (QED) is 0.685. The molecule has 3 unspecified atom stereocenters. The molecule has 2 heteroatoms. The summed E-state index contributed by atoms with van der Waals surface area (Å²) >= 11 is 0. The van der Waals surface area contributed by atoms with Crippen molar-refractivity contribution in [3.8, 4) is 0 Å². The number of nitrogens with zero attached hydrogens (tertiary/aromatic N) is 1. The fourth-order valence-electron chi connectivity index (χ4n) is 4.27. The molecule has 1 saturated carbocycles. The minimum absolute atomic E-state index is 0.836. The second kappa shape index (κ2) is 4.66. The van der Waals surface area contributed by atoms with E-state index in [1.165, 1.54) is 58.2 Å². The first kappa shape index (κ1) is 11.0. The monoisotopic (exact) mass is 222 g/mol. The third-order valence-electron chi connectivity index (χ3n) is 5.27. The molecule has 3 aliphatic rings. The van der Waals surface area contributed by atoms with E-state index in [-0.39, 0.29) is 0 Å². The second-order valence-electron chi connectivity index (χ2n) is 6.16. The normalized spacial score (nSPS) is 42.2. The predicted molar refractivity (Wildman–Crippen MR) is 67.5 cm³/mol. The first-order valence-corrected chi connectivity index (χ1v) is 7.32. The van der Waals surface area contributed by atoms with E-state index >= 15 is 0 Å². The van der Waals surface area contributed by atoms with Crippen LogP contribution in [-0.4, -0.2) is 36.6 Å². The molecule has 2 nitrogen and oxygen atoms in total. The van der Waals surface area contributed by atoms with Gasteiger partial charge in [0.1, 0.15) is 0 Å². The van der Waals surface area contributed by atoms with Crippen LogP contribution in [0.4, 0.5) is 0 Å². The van der Waals surface area contributed by atoms with E-state index in [1.54, 1.807) is 0 Å². The zero-order valence-electron chi connectivity index (χ0n) is 10.6. The van der Waals surface area contributed by atoms with Crippen LogP contribution in [0.1, 0.15) is 45.4 Å². The van der Waals surface area contributed by atoms with Crippen molar-refractivity contribution in [3.63, 3.8) is 0 Å². The van der Waals surface area contributed by atoms with Crippen LogP contribution in [-0.2, 0) is 0 Å². The Balaban J connectivity index is 1.66. The molecule has 3 rings (SSSR count). The van der Waals surface area contributed by atoms with E-state index in [4.69, 9.17) is 0 Å². The predicted octanol–water partition coefficient (Wildman–Crippen LogP) is 2.25. The largest absolute Gasteiger partial charge is 0.316 e. The Morgan fingerprint density at radius 3 is 2.44 bits per heavy atom. The number of fused-ring (bicyclic) bond motifs is 1. The summed E-state index contributed by atoms with van der Waals surface area (Å²) in [5.74, 6) is 1.90. The van der Waals surface area contributed by atoms with Crippen molar-refractivity contribution < 1.29 is 0 Å². The van der Waals surface area contributed by atoms with E-state index < -0.39 is 0 Å². The number of likely N-dealkylation sites (tertiary alicyclic amines) is 1. The number of nitrogens with one attached hydrogen (secondary N) is 1. The molecule has 0 aromatic heterocycles. The van der Waals surface area contributed by atoms with Gasteiger partial charge in [-0.3, -0.25) is 4.90 Å². The number of hydrogen-bond acceptors (Lipinski definition) is 2. The first-order chi connectivity index (χ1) is 7.86. The summed E-state index contributed by atoms with van der Waals surface area (Å²) < 4.78 is 0. The molecule has 0 aromatic carbocycles. The van der Waals surface area contributed by atoms with Gasteiger partial charge in [0.25, 0.3) is 0 Å². The summed E-state index contributed by atoms with van der Waals surface area (Å²) in [6.07, 6.45) is 8.84. The summed E-state index contributed by atoms with van der Waals surface area (Å²) in [5.41, 5.74) is 0. The van der Waals surface area contributed by atoms with Crippen LogP contribution in [0.5, 0.6) is 0 Å². The minimum Gasteiger partial charge on any atom is -0.316 e. The van der Waals surface area contributed by atoms with Gasteiger partial charge in [-0.2, -0.15) is 0 Å². The van der Waals surface area contributed by atoms with Crippen LogP contribution in [0, 0.1) is 11.8 Å². The maximum Gasteiger partial charge on any atom is 0.0114 e. The lowest BCUT2D eigenvalue weighted by molar-refractivity contribution is 0.155. The van der Waals surface area contributed by atoms with Gasteiger partial charge in [-0.25, -0.2) is 0 Å². The van der Waals surface area contributed by atoms with E-state index in [9.17, 15) is 0 Å². The lowest BCUT2D eigenvalue weighted by Gasteiger charge is -2.32. The van der Waals surface area contributed by atoms with Gasteiger partial charge in [-0.15, -0.1) is 0 Å². The van der Waals surface area contributed by atoms with Crippen molar-refractivity contribution in [2.45, 2.75) is 57.5 Å². The molecular formula is C14H26N2. The lowest BCUT2D eigenvalue weighted by atomic mass is 9.95. The standard InChI is InChI=1S/C14H26N2/c1-11-14-9-15-8-12(14)10-16(11)13-6-4-2-3-5-7-13/h11-15H,2-10H2,1H3. The SMILES string of the molecule is CC1C2CNCC2CN1C1CCCCCC1. The maximum absolute atomic E-state index is 3.56. The van der Waals surface area contributed by atoms with Gasteiger partial charge in [0, 0.05) is 18.6 Å². The molecule has 0 radical (unpaired) electrons. The number of hydrogen-bond donors (Lipinski definition) is 1. The molecule has 0 spiro atoms. The maximum atomic E-state index is 3.56. The molecule has 1 N–H and O–H groups in total. The van der Waals surface area contributed by atoms with Gasteiger partial charge in [0.2, 0.25) is 0 Å². The highest BCUT2D eigenvalue weighted by Crippen LogP contribution is 2.36. The lowest BCUT2D eigenvalue weighted by Crippen LogP contribution is -2.40. The van der Waals surface area contributed by atoms with Gasteiger partial charge in [0.15, 0.2) is 0 Å².